The number of fused-ring (bicyclic) bond motifs is 4. The molecule has 4 rings (SSSR count). The number of nitrogens with one attached hydrogen (secondary N) is 1. The summed E-state index contributed by atoms with van der Waals surface area (Å²) in [6.07, 6.45) is 3.91. The molecule has 2 heterocycles. The number of aromatic nitrogens is 1. The third-order valence-corrected chi connectivity index (χ3v) is 8.02. The summed E-state index contributed by atoms with van der Waals surface area (Å²) >= 11 is 0. The van der Waals surface area contributed by atoms with Crippen molar-refractivity contribution in [3.63, 3.8) is 0 Å². The van der Waals surface area contributed by atoms with Crippen molar-refractivity contribution in [1.82, 2.24) is 10.3 Å². The molecule has 3 aromatic rings. The van der Waals surface area contributed by atoms with E-state index in [1.165, 1.54) is 11.1 Å². The Morgan fingerprint density at radius 3 is 2.68 bits per heavy atom. The van der Waals surface area contributed by atoms with Gasteiger partial charge in [0, 0.05) is 11.8 Å². The second-order valence-electron chi connectivity index (χ2n) is 8.99. The molecule has 1 aliphatic rings. The SMILES string of the molecule is C[C@@H]1COc2cccc(c2)-c2ccccc2S(=O)(=O)CCCC[C@H](N(C(N)=O)c2cccnc2)C(=O)N1. The van der Waals surface area contributed by atoms with E-state index < -0.39 is 27.8 Å². The lowest BCUT2D eigenvalue weighted by Gasteiger charge is -2.30. The minimum atomic E-state index is -3.62. The Bertz CT molecular complexity index is 1360. The van der Waals surface area contributed by atoms with E-state index in [2.05, 4.69) is 10.3 Å². The van der Waals surface area contributed by atoms with Crippen LogP contribution in [0.3, 0.4) is 0 Å². The third kappa shape index (κ3) is 6.26. The maximum absolute atomic E-state index is 13.3. The lowest BCUT2D eigenvalue weighted by molar-refractivity contribution is -0.123. The average molecular weight is 523 g/mol. The summed E-state index contributed by atoms with van der Waals surface area (Å²) in [6.45, 7) is 1.98. The molecule has 1 aliphatic heterocycles. The predicted molar refractivity (Wildman–Crippen MR) is 141 cm³/mol. The van der Waals surface area contributed by atoms with Gasteiger partial charge >= 0.3 is 6.03 Å². The highest BCUT2D eigenvalue weighted by molar-refractivity contribution is 7.91. The summed E-state index contributed by atoms with van der Waals surface area (Å²) in [6, 6.07) is 15.3. The van der Waals surface area contributed by atoms with Crippen LogP contribution in [0.1, 0.15) is 26.2 Å². The highest BCUT2D eigenvalue weighted by Gasteiger charge is 2.31. The number of carbonyl (C=O) groups excluding carboxylic acids is 2. The van der Waals surface area contributed by atoms with E-state index in [0.29, 0.717) is 29.8 Å². The standard InChI is InChI=1S/C27H30N4O5S/c1-19-18-36-22-10-6-8-20(16-22)23-11-2-3-13-25(23)37(34,35)15-5-4-12-24(26(32)30-19)31(27(28)33)21-9-7-14-29-17-21/h2-3,6-11,13-14,16-17,19,24H,4-5,12,15,18H2,1H3,(H2,28,33)(H,30,32)/t19-,24+/m1/s1. The molecule has 9 nitrogen and oxygen atoms in total. The quantitative estimate of drug-likeness (QED) is 0.529. The summed E-state index contributed by atoms with van der Waals surface area (Å²) in [5, 5.41) is 2.90. The minimum absolute atomic E-state index is 0.103. The van der Waals surface area contributed by atoms with Gasteiger partial charge in [-0.05, 0) is 62.1 Å². The van der Waals surface area contributed by atoms with Gasteiger partial charge in [0.15, 0.2) is 9.84 Å². The first kappa shape index (κ1) is 26.2. The van der Waals surface area contributed by atoms with Gasteiger partial charge in [0.05, 0.1) is 28.6 Å². The average Bonchev–Trinajstić information content (AvgIpc) is 2.89. The van der Waals surface area contributed by atoms with Crippen molar-refractivity contribution in [3.8, 4) is 16.9 Å². The molecular weight excluding hydrogens is 492 g/mol. The van der Waals surface area contributed by atoms with Crippen LogP contribution in [-0.4, -0.2) is 49.8 Å². The third-order valence-electron chi connectivity index (χ3n) is 6.17. The number of amides is 3. The lowest BCUT2D eigenvalue weighted by Crippen LogP contribution is -2.54. The van der Waals surface area contributed by atoms with Crippen molar-refractivity contribution in [1.29, 1.82) is 0 Å². The number of nitrogens with zero attached hydrogens (tertiary/aromatic N) is 2. The van der Waals surface area contributed by atoms with Crippen LogP contribution in [-0.2, 0) is 14.6 Å². The van der Waals surface area contributed by atoms with Crippen LogP contribution in [0.2, 0.25) is 0 Å². The number of ether oxygens (including phenoxy) is 1. The maximum Gasteiger partial charge on any atom is 0.320 e. The molecule has 1 aromatic heterocycles. The normalized spacial score (nSPS) is 20.1. The van der Waals surface area contributed by atoms with Gasteiger partial charge in [0.1, 0.15) is 18.4 Å². The molecule has 0 spiro atoms. The van der Waals surface area contributed by atoms with E-state index >= 15 is 0 Å². The number of hydrogen-bond donors (Lipinski definition) is 2. The van der Waals surface area contributed by atoms with Gasteiger partial charge in [-0.2, -0.15) is 0 Å². The summed E-state index contributed by atoms with van der Waals surface area (Å²) in [7, 11) is -3.62. The summed E-state index contributed by atoms with van der Waals surface area (Å²) in [5.74, 6) is 0.0328. The zero-order valence-electron chi connectivity index (χ0n) is 20.5. The number of pyridine rings is 1. The molecule has 0 fully saturated rings. The van der Waals surface area contributed by atoms with E-state index in [-0.39, 0.29) is 29.7 Å². The second kappa shape index (κ2) is 11.4. The van der Waals surface area contributed by atoms with Crippen molar-refractivity contribution in [2.75, 3.05) is 17.3 Å². The van der Waals surface area contributed by atoms with Crippen LogP contribution in [0.15, 0.2) is 78.0 Å². The molecule has 0 saturated heterocycles. The highest BCUT2D eigenvalue weighted by atomic mass is 32.2. The van der Waals surface area contributed by atoms with Gasteiger partial charge in [-0.15, -0.1) is 0 Å². The maximum atomic E-state index is 13.3. The first-order chi connectivity index (χ1) is 17.8. The van der Waals surface area contributed by atoms with Crippen LogP contribution < -0.4 is 20.7 Å². The molecule has 2 aromatic carbocycles. The number of anilines is 1. The molecular formula is C27H30N4O5S. The molecule has 37 heavy (non-hydrogen) atoms. The Balaban J connectivity index is 1.69. The predicted octanol–water partition coefficient (Wildman–Crippen LogP) is 3.54. The smallest absolute Gasteiger partial charge is 0.320 e. The highest BCUT2D eigenvalue weighted by Crippen LogP contribution is 2.31. The Kier molecular flexibility index (Phi) is 8.08. The van der Waals surface area contributed by atoms with Gasteiger partial charge in [-0.25, -0.2) is 13.2 Å². The summed E-state index contributed by atoms with van der Waals surface area (Å²) < 4.78 is 32.6. The van der Waals surface area contributed by atoms with Crippen LogP contribution >= 0.6 is 0 Å². The molecule has 2 atom stereocenters. The Morgan fingerprint density at radius 2 is 1.92 bits per heavy atom. The molecule has 0 unspecified atom stereocenters. The van der Waals surface area contributed by atoms with Crippen molar-refractivity contribution < 1.29 is 22.7 Å². The fourth-order valence-corrected chi connectivity index (χ4v) is 6.02. The second-order valence-corrected chi connectivity index (χ2v) is 11.1. The molecule has 3 N–H and O–H groups in total. The van der Waals surface area contributed by atoms with Crippen LogP contribution in [0.5, 0.6) is 5.75 Å². The monoisotopic (exact) mass is 522 g/mol. The fourth-order valence-electron chi connectivity index (χ4n) is 4.41. The number of carbonyl (C=O) groups is 2. The van der Waals surface area contributed by atoms with E-state index in [0.717, 1.165) is 5.56 Å². The summed E-state index contributed by atoms with van der Waals surface area (Å²) in [5.41, 5.74) is 7.41. The van der Waals surface area contributed by atoms with Crippen LogP contribution in [0.25, 0.3) is 11.1 Å². The number of rotatable bonds is 2. The largest absolute Gasteiger partial charge is 0.491 e. The fraction of sp³-hybridized carbons (Fsp3) is 0.296. The van der Waals surface area contributed by atoms with E-state index in [1.807, 2.05) is 13.0 Å². The van der Waals surface area contributed by atoms with E-state index in [1.54, 1.807) is 60.8 Å². The molecule has 0 radical (unpaired) electrons. The van der Waals surface area contributed by atoms with Gasteiger partial charge in [-0.3, -0.25) is 14.7 Å². The lowest BCUT2D eigenvalue weighted by atomic mass is 10.1. The van der Waals surface area contributed by atoms with Gasteiger partial charge < -0.3 is 15.8 Å². The number of hydrogen-bond acceptors (Lipinski definition) is 6. The van der Waals surface area contributed by atoms with E-state index in [9.17, 15) is 18.0 Å². The van der Waals surface area contributed by atoms with Crippen LogP contribution in [0.4, 0.5) is 10.5 Å². The molecule has 10 heteroatoms. The molecule has 0 aliphatic carbocycles. The number of sulfone groups is 1. The number of urea groups is 1. The summed E-state index contributed by atoms with van der Waals surface area (Å²) in [4.78, 5) is 31.3. The number of primary amides is 1. The van der Waals surface area contributed by atoms with Crippen molar-refractivity contribution in [2.45, 2.75) is 43.2 Å². The van der Waals surface area contributed by atoms with E-state index in [4.69, 9.17) is 10.5 Å². The first-order valence-electron chi connectivity index (χ1n) is 12.1. The molecule has 0 saturated carbocycles. The topological polar surface area (TPSA) is 132 Å². The molecule has 3 amide bonds. The van der Waals surface area contributed by atoms with Gasteiger partial charge in [0.2, 0.25) is 5.91 Å². The zero-order chi connectivity index (χ0) is 26.4. The van der Waals surface area contributed by atoms with Crippen molar-refractivity contribution in [3.05, 3.63) is 73.1 Å². The van der Waals surface area contributed by atoms with Gasteiger partial charge in [0.25, 0.3) is 0 Å². The Labute approximate surface area is 216 Å². The molecule has 2 bridgehead atoms. The van der Waals surface area contributed by atoms with Crippen molar-refractivity contribution >= 4 is 27.5 Å². The molecule has 194 valence electrons. The Hall–Kier alpha value is -3.92. The number of benzene rings is 2. The Morgan fingerprint density at radius 1 is 1.11 bits per heavy atom. The minimum Gasteiger partial charge on any atom is -0.491 e. The van der Waals surface area contributed by atoms with Crippen molar-refractivity contribution in [2.24, 2.45) is 5.73 Å². The number of nitrogens with two attached hydrogens (primary N) is 1. The van der Waals surface area contributed by atoms with Crippen LogP contribution in [0, 0.1) is 0 Å². The first-order valence-corrected chi connectivity index (χ1v) is 13.8. The van der Waals surface area contributed by atoms with Gasteiger partial charge in [-0.1, -0.05) is 30.3 Å². The zero-order valence-corrected chi connectivity index (χ0v) is 21.4.